The molecule has 1 rings (SSSR count). The summed E-state index contributed by atoms with van der Waals surface area (Å²) in [6.07, 6.45) is 2.88. The molecule has 1 saturated carbocycles. The first-order valence-electron chi connectivity index (χ1n) is 6.77. The van der Waals surface area contributed by atoms with Crippen LogP contribution in [-0.2, 0) is 9.53 Å². The largest absolute Gasteiger partial charge is 0.462 e. The maximum Gasteiger partial charge on any atom is 0.308 e. The van der Waals surface area contributed by atoms with Gasteiger partial charge in [-0.2, -0.15) is 0 Å². The van der Waals surface area contributed by atoms with E-state index in [9.17, 15) is 9.90 Å². The molecule has 0 amide bonds. The molecule has 17 heavy (non-hydrogen) atoms. The van der Waals surface area contributed by atoms with Crippen LogP contribution in [0.15, 0.2) is 0 Å². The fourth-order valence-corrected chi connectivity index (χ4v) is 2.71. The number of hydrogen-bond acceptors (Lipinski definition) is 3. The monoisotopic (exact) mass is 242 g/mol. The van der Waals surface area contributed by atoms with Gasteiger partial charge in [0.05, 0.1) is 12.5 Å². The molecular formula is C14H26O3. The Morgan fingerprint density at radius 3 is 2.53 bits per heavy atom. The molecule has 0 aromatic heterocycles. The fraction of sp³-hybridized carbons (Fsp3) is 0.929. The second-order valence-electron chi connectivity index (χ2n) is 5.91. The normalized spacial score (nSPS) is 31.3. The van der Waals surface area contributed by atoms with Crippen LogP contribution in [0.1, 0.15) is 53.4 Å². The summed E-state index contributed by atoms with van der Waals surface area (Å²) in [6, 6.07) is 0. The molecule has 0 radical (unpaired) electrons. The molecule has 1 aliphatic carbocycles. The zero-order valence-corrected chi connectivity index (χ0v) is 11.5. The summed E-state index contributed by atoms with van der Waals surface area (Å²) in [6.45, 7) is 8.21. The van der Waals surface area contributed by atoms with E-state index in [-0.39, 0.29) is 18.5 Å². The van der Waals surface area contributed by atoms with Crippen LogP contribution in [0.4, 0.5) is 0 Å². The van der Waals surface area contributed by atoms with E-state index >= 15 is 0 Å². The van der Waals surface area contributed by atoms with Crippen LogP contribution in [-0.4, -0.2) is 23.3 Å². The Balaban J connectivity index is 2.54. The van der Waals surface area contributed by atoms with Crippen molar-refractivity contribution < 1.29 is 14.6 Å². The highest BCUT2D eigenvalue weighted by atomic mass is 16.5. The van der Waals surface area contributed by atoms with Crippen molar-refractivity contribution in [2.24, 2.45) is 17.8 Å². The van der Waals surface area contributed by atoms with Gasteiger partial charge in [-0.1, -0.05) is 27.2 Å². The molecule has 1 fully saturated rings. The van der Waals surface area contributed by atoms with Crippen LogP contribution < -0.4 is 0 Å². The van der Waals surface area contributed by atoms with Crippen molar-refractivity contribution in [1.82, 2.24) is 0 Å². The van der Waals surface area contributed by atoms with Crippen molar-refractivity contribution in [2.75, 3.05) is 0 Å². The summed E-state index contributed by atoms with van der Waals surface area (Å²) >= 11 is 0. The van der Waals surface area contributed by atoms with Crippen molar-refractivity contribution in [3.05, 3.63) is 0 Å². The maximum absolute atomic E-state index is 11.6. The molecule has 100 valence electrons. The van der Waals surface area contributed by atoms with E-state index in [0.29, 0.717) is 17.8 Å². The van der Waals surface area contributed by atoms with Crippen molar-refractivity contribution in [1.29, 1.82) is 0 Å². The number of carbonyl (C=O) groups is 1. The number of hydrogen-bond donors (Lipinski definition) is 1. The predicted molar refractivity (Wildman–Crippen MR) is 67.5 cm³/mol. The molecule has 4 unspecified atom stereocenters. The number of aliphatic hydroxyl groups excluding tert-OH is 1. The van der Waals surface area contributed by atoms with Gasteiger partial charge in [-0.3, -0.25) is 4.79 Å². The van der Waals surface area contributed by atoms with Crippen molar-refractivity contribution in [2.45, 2.75) is 65.6 Å². The molecular weight excluding hydrogens is 216 g/mol. The molecule has 1 N–H and O–H groups in total. The number of rotatable bonds is 4. The van der Waals surface area contributed by atoms with E-state index < -0.39 is 6.10 Å². The minimum Gasteiger partial charge on any atom is -0.462 e. The zero-order valence-electron chi connectivity index (χ0n) is 11.5. The van der Waals surface area contributed by atoms with Gasteiger partial charge in [-0.05, 0) is 37.5 Å². The quantitative estimate of drug-likeness (QED) is 0.771. The van der Waals surface area contributed by atoms with Crippen LogP contribution in [0.3, 0.4) is 0 Å². The highest BCUT2D eigenvalue weighted by Gasteiger charge is 2.33. The average Bonchev–Trinajstić information content (AvgIpc) is 2.15. The molecule has 0 bridgehead atoms. The lowest BCUT2D eigenvalue weighted by Gasteiger charge is -2.36. The molecule has 0 aliphatic heterocycles. The number of ether oxygens (including phenoxy) is 1. The minimum atomic E-state index is -0.610. The summed E-state index contributed by atoms with van der Waals surface area (Å²) < 4.78 is 5.55. The molecule has 3 nitrogen and oxygen atoms in total. The predicted octanol–water partition coefficient (Wildman–Crippen LogP) is 2.76. The van der Waals surface area contributed by atoms with E-state index in [1.165, 1.54) is 6.42 Å². The molecule has 1 aliphatic rings. The van der Waals surface area contributed by atoms with E-state index in [1.807, 2.05) is 0 Å². The third-order valence-electron chi connectivity index (χ3n) is 3.71. The first kappa shape index (κ1) is 14.5. The second-order valence-corrected chi connectivity index (χ2v) is 5.91. The van der Waals surface area contributed by atoms with Gasteiger partial charge in [0.25, 0.3) is 0 Å². The minimum absolute atomic E-state index is 0.0463. The Kier molecular flexibility index (Phi) is 5.44. The summed E-state index contributed by atoms with van der Waals surface area (Å²) in [5.41, 5.74) is 0. The smallest absolute Gasteiger partial charge is 0.308 e. The summed E-state index contributed by atoms with van der Waals surface area (Å²) in [5, 5.41) is 9.18. The molecule has 3 heteroatoms. The third kappa shape index (κ3) is 4.66. The standard InChI is InChI=1S/C14H26O3/c1-9(2)12-6-5-10(3)7-13(12)17-14(16)8-11(4)15/h9-13,15H,5-8H2,1-4H3. The summed E-state index contributed by atoms with van der Waals surface area (Å²) in [5.74, 6) is 1.40. The number of carbonyl (C=O) groups excluding carboxylic acids is 1. The van der Waals surface area contributed by atoms with Gasteiger partial charge < -0.3 is 9.84 Å². The Morgan fingerprint density at radius 2 is 2.00 bits per heavy atom. The topological polar surface area (TPSA) is 46.5 Å². The first-order chi connectivity index (χ1) is 7.90. The average molecular weight is 242 g/mol. The third-order valence-corrected chi connectivity index (χ3v) is 3.71. The van der Waals surface area contributed by atoms with Crippen molar-refractivity contribution in [3.8, 4) is 0 Å². The van der Waals surface area contributed by atoms with E-state index in [1.54, 1.807) is 6.92 Å². The van der Waals surface area contributed by atoms with Gasteiger partial charge in [0.2, 0.25) is 0 Å². The Labute approximate surface area is 105 Å². The Hall–Kier alpha value is -0.570. The lowest BCUT2D eigenvalue weighted by molar-refractivity contribution is -0.157. The summed E-state index contributed by atoms with van der Waals surface area (Å²) in [7, 11) is 0. The van der Waals surface area contributed by atoms with Crippen molar-refractivity contribution >= 4 is 5.97 Å². The SMILES string of the molecule is CC(O)CC(=O)OC1CC(C)CCC1C(C)C. The lowest BCUT2D eigenvalue weighted by Crippen LogP contribution is -2.36. The van der Waals surface area contributed by atoms with Gasteiger partial charge in [-0.25, -0.2) is 0 Å². The number of esters is 1. The van der Waals surface area contributed by atoms with E-state index in [2.05, 4.69) is 20.8 Å². The van der Waals surface area contributed by atoms with Crippen LogP contribution >= 0.6 is 0 Å². The van der Waals surface area contributed by atoms with Crippen LogP contribution in [0.5, 0.6) is 0 Å². The van der Waals surface area contributed by atoms with Gasteiger partial charge in [-0.15, -0.1) is 0 Å². The lowest BCUT2D eigenvalue weighted by atomic mass is 9.75. The molecule has 0 aromatic rings. The van der Waals surface area contributed by atoms with Gasteiger partial charge in [0.15, 0.2) is 0 Å². The van der Waals surface area contributed by atoms with Crippen LogP contribution in [0.25, 0.3) is 0 Å². The summed E-state index contributed by atoms with van der Waals surface area (Å²) in [4.78, 5) is 11.6. The zero-order chi connectivity index (χ0) is 13.0. The van der Waals surface area contributed by atoms with E-state index in [4.69, 9.17) is 4.74 Å². The maximum atomic E-state index is 11.6. The molecule has 0 saturated heterocycles. The Bertz CT molecular complexity index is 248. The van der Waals surface area contributed by atoms with E-state index in [0.717, 1.165) is 12.8 Å². The van der Waals surface area contributed by atoms with Crippen LogP contribution in [0, 0.1) is 17.8 Å². The highest BCUT2D eigenvalue weighted by molar-refractivity contribution is 5.70. The van der Waals surface area contributed by atoms with Crippen molar-refractivity contribution in [3.63, 3.8) is 0 Å². The molecule has 4 atom stereocenters. The Morgan fingerprint density at radius 1 is 1.35 bits per heavy atom. The highest BCUT2D eigenvalue weighted by Crippen LogP contribution is 2.35. The first-order valence-corrected chi connectivity index (χ1v) is 6.77. The molecule has 0 aromatic carbocycles. The van der Waals surface area contributed by atoms with Gasteiger partial charge in [0.1, 0.15) is 6.10 Å². The number of aliphatic hydroxyl groups is 1. The molecule has 0 heterocycles. The van der Waals surface area contributed by atoms with Gasteiger partial charge >= 0.3 is 5.97 Å². The molecule has 0 spiro atoms. The fourth-order valence-electron chi connectivity index (χ4n) is 2.71. The second kappa shape index (κ2) is 6.39. The van der Waals surface area contributed by atoms with Crippen LogP contribution in [0.2, 0.25) is 0 Å². The van der Waals surface area contributed by atoms with Gasteiger partial charge in [0, 0.05) is 0 Å².